The van der Waals surface area contributed by atoms with Crippen molar-refractivity contribution in [2.45, 2.75) is 51.5 Å². The van der Waals surface area contributed by atoms with E-state index in [2.05, 4.69) is 5.32 Å². The number of aliphatic carboxylic acids is 1. The molecule has 0 bridgehead atoms. The van der Waals surface area contributed by atoms with E-state index in [9.17, 15) is 14.0 Å². The summed E-state index contributed by atoms with van der Waals surface area (Å²) >= 11 is 0. The van der Waals surface area contributed by atoms with Crippen LogP contribution in [0.3, 0.4) is 0 Å². The van der Waals surface area contributed by atoms with Gasteiger partial charge in [0.25, 0.3) is 0 Å². The van der Waals surface area contributed by atoms with E-state index >= 15 is 0 Å². The molecule has 2 atom stereocenters. The van der Waals surface area contributed by atoms with Crippen molar-refractivity contribution in [3.63, 3.8) is 0 Å². The van der Waals surface area contributed by atoms with E-state index in [-0.39, 0.29) is 18.2 Å². The first-order chi connectivity index (χ1) is 8.54. The standard InChI is InChI=1S/C13H22FNO3/c1-9(10-5-3-2-4-6-10)7-12(16)15-11(8-14)13(17)18/h9-11H,2-8H2,1H3,(H,15,16)(H,17,18). The Morgan fingerprint density at radius 3 is 2.44 bits per heavy atom. The fourth-order valence-electron chi connectivity index (χ4n) is 2.58. The van der Waals surface area contributed by atoms with Crippen molar-refractivity contribution in [3.8, 4) is 0 Å². The van der Waals surface area contributed by atoms with Crippen LogP contribution in [0, 0.1) is 11.8 Å². The summed E-state index contributed by atoms with van der Waals surface area (Å²) in [5.74, 6) is -0.910. The Hall–Kier alpha value is -1.13. The minimum absolute atomic E-state index is 0.236. The van der Waals surface area contributed by atoms with Crippen LogP contribution in [-0.2, 0) is 9.59 Å². The summed E-state index contributed by atoms with van der Waals surface area (Å²) < 4.78 is 12.4. The molecule has 0 aliphatic heterocycles. The number of rotatable bonds is 6. The third kappa shape index (κ3) is 4.63. The molecule has 1 amide bonds. The van der Waals surface area contributed by atoms with E-state index in [1.54, 1.807) is 0 Å². The molecule has 0 spiro atoms. The molecule has 0 aromatic carbocycles. The second kappa shape index (κ2) is 7.34. The van der Waals surface area contributed by atoms with Gasteiger partial charge in [0.05, 0.1) is 0 Å². The molecule has 0 aromatic heterocycles. The molecule has 2 unspecified atom stereocenters. The van der Waals surface area contributed by atoms with Crippen molar-refractivity contribution in [1.82, 2.24) is 5.32 Å². The molecule has 18 heavy (non-hydrogen) atoms. The van der Waals surface area contributed by atoms with Crippen LogP contribution in [-0.4, -0.2) is 29.7 Å². The second-order valence-corrected chi connectivity index (χ2v) is 5.19. The van der Waals surface area contributed by atoms with Gasteiger partial charge in [0.15, 0.2) is 6.04 Å². The molecule has 0 aromatic rings. The Balaban J connectivity index is 2.36. The first kappa shape index (κ1) is 14.9. The molecule has 104 valence electrons. The maximum Gasteiger partial charge on any atom is 0.328 e. The molecule has 0 radical (unpaired) electrons. The highest BCUT2D eigenvalue weighted by Crippen LogP contribution is 2.31. The number of halogens is 1. The van der Waals surface area contributed by atoms with E-state index in [4.69, 9.17) is 5.11 Å². The van der Waals surface area contributed by atoms with Crippen LogP contribution < -0.4 is 5.32 Å². The molecule has 1 aliphatic rings. The fraction of sp³-hybridized carbons (Fsp3) is 0.846. The van der Waals surface area contributed by atoms with Gasteiger partial charge in [-0.25, -0.2) is 9.18 Å². The lowest BCUT2D eigenvalue weighted by molar-refractivity contribution is -0.142. The lowest BCUT2D eigenvalue weighted by Gasteiger charge is -2.27. The van der Waals surface area contributed by atoms with Gasteiger partial charge in [-0.15, -0.1) is 0 Å². The van der Waals surface area contributed by atoms with E-state index < -0.39 is 18.7 Å². The maximum atomic E-state index is 12.4. The average molecular weight is 259 g/mol. The number of carbonyl (C=O) groups is 2. The molecule has 4 nitrogen and oxygen atoms in total. The highest BCUT2D eigenvalue weighted by Gasteiger charge is 2.24. The Labute approximate surface area is 107 Å². The Bertz CT molecular complexity index is 290. The molecule has 1 rings (SSSR count). The van der Waals surface area contributed by atoms with E-state index in [0.29, 0.717) is 5.92 Å². The van der Waals surface area contributed by atoms with Gasteiger partial charge in [0.1, 0.15) is 6.67 Å². The zero-order chi connectivity index (χ0) is 13.5. The van der Waals surface area contributed by atoms with Crippen molar-refractivity contribution in [2.24, 2.45) is 11.8 Å². The highest BCUT2D eigenvalue weighted by atomic mass is 19.1. The largest absolute Gasteiger partial charge is 0.480 e. The van der Waals surface area contributed by atoms with E-state index in [0.717, 1.165) is 12.8 Å². The minimum atomic E-state index is -1.41. The predicted molar refractivity (Wildman–Crippen MR) is 65.9 cm³/mol. The van der Waals surface area contributed by atoms with Crippen molar-refractivity contribution in [3.05, 3.63) is 0 Å². The van der Waals surface area contributed by atoms with Crippen LogP contribution >= 0.6 is 0 Å². The average Bonchev–Trinajstić information content (AvgIpc) is 2.36. The third-order valence-electron chi connectivity index (χ3n) is 3.75. The first-order valence-electron chi connectivity index (χ1n) is 6.62. The quantitative estimate of drug-likeness (QED) is 0.768. The van der Waals surface area contributed by atoms with Crippen LogP contribution in [0.25, 0.3) is 0 Å². The van der Waals surface area contributed by atoms with E-state index in [1.807, 2.05) is 6.92 Å². The molecule has 5 heteroatoms. The van der Waals surface area contributed by atoms with Gasteiger partial charge < -0.3 is 10.4 Å². The fourth-order valence-corrected chi connectivity index (χ4v) is 2.58. The first-order valence-corrected chi connectivity index (χ1v) is 6.62. The van der Waals surface area contributed by atoms with Crippen molar-refractivity contribution >= 4 is 11.9 Å². The summed E-state index contributed by atoms with van der Waals surface area (Å²) in [7, 11) is 0. The number of hydrogen-bond acceptors (Lipinski definition) is 2. The zero-order valence-corrected chi connectivity index (χ0v) is 10.8. The zero-order valence-electron chi connectivity index (χ0n) is 10.8. The van der Waals surface area contributed by atoms with E-state index in [1.165, 1.54) is 19.3 Å². The molecule has 2 N–H and O–H groups in total. The molecule has 0 heterocycles. The van der Waals surface area contributed by atoms with Crippen molar-refractivity contribution in [1.29, 1.82) is 0 Å². The monoisotopic (exact) mass is 259 g/mol. The number of carbonyl (C=O) groups excluding carboxylic acids is 1. The van der Waals surface area contributed by atoms with Gasteiger partial charge in [-0.05, 0) is 11.8 Å². The Morgan fingerprint density at radius 2 is 1.94 bits per heavy atom. The van der Waals surface area contributed by atoms with Crippen LogP contribution in [0.15, 0.2) is 0 Å². The summed E-state index contributed by atoms with van der Waals surface area (Å²) in [5.41, 5.74) is 0. The van der Waals surface area contributed by atoms with Gasteiger partial charge in [-0.3, -0.25) is 4.79 Å². The summed E-state index contributed by atoms with van der Waals surface area (Å²) in [6.07, 6.45) is 6.24. The molecule has 1 aliphatic carbocycles. The number of nitrogens with one attached hydrogen (secondary N) is 1. The van der Waals surface area contributed by atoms with Gasteiger partial charge in [0.2, 0.25) is 5.91 Å². The topological polar surface area (TPSA) is 66.4 Å². The van der Waals surface area contributed by atoms with Gasteiger partial charge >= 0.3 is 5.97 Å². The summed E-state index contributed by atoms with van der Waals surface area (Å²) in [6.45, 7) is 0.944. The lowest BCUT2D eigenvalue weighted by Crippen LogP contribution is -2.43. The van der Waals surface area contributed by atoms with Gasteiger partial charge in [-0.1, -0.05) is 39.0 Å². The molecule has 0 saturated heterocycles. The SMILES string of the molecule is CC(CC(=O)NC(CF)C(=O)O)C1CCCCC1. The second-order valence-electron chi connectivity index (χ2n) is 5.19. The smallest absolute Gasteiger partial charge is 0.328 e. The van der Waals surface area contributed by atoms with Crippen LogP contribution in [0.1, 0.15) is 45.4 Å². The number of amides is 1. The summed E-state index contributed by atoms with van der Waals surface area (Å²) in [6, 6.07) is -1.41. The number of alkyl halides is 1. The minimum Gasteiger partial charge on any atom is -0.480 e. The van der Waals surface area contributed by atoms with Gasteiger partial charge in [0, 0.05) is 6.42 Å². The summed E-state index contributed by atoms with van der Waals surface area (Å²) in [4.78, 5) is 22.2. The van der Waals surface area contributed by atoms with Crippen LogP contribution in [0.5, 0.6) is 0 Å². The van der Waals surface area contributed by atoms with Crippen molar-refractivity contribution < 1.29 is 19.1 Å². The number of carboxylic acids is 1. The molecular formula is C13H22FNO3. The molecule has 1 saturated carbocycles. The number of hydrogen-bond donors (Lipinski definition) is 2. The third-order valence-corrected chi connectivity index (χ3v) is 3.75. The van der Waals surface area contributed by atoms with Gasteiger partial charge in [-0.2, -0.15) is 0 Å². The predicted octanol–water partition coefficient (Wildman–Crippen LogP) is 2.13. The Kier molecular flexibility index (Phi) is 6.09. The normalized spacial score (nSPS) is 20.1. The van der Waals surface area contributed by atoms with Crippen LogP contribution in [0.2, 0.25) is 0 Å². The van der Waals surface area contributed by atoms with Crippen LogP contribution in [0.4, 0.5) is 4.39 Å². The van der Waals surface area contributed by atoms with Crippen molar-refractivity contribution in [2.75, 3.05) is 6.67 Å². The number of carboxylic acid groups (broad SMARTS) is 1. The molecule has 1 fully saturated rings. The summed E-state index contributed by atoms with van der Waals surface area (Å²) in [5, 5.41) is 10.9. The lowest BCUT2D eigenvalue weighted by atomic mass is 9.79. The highest BCUT2D eigenvalue weighted by molar-refractivity contribution is 5.83. The molecular weight excluding hydrogens is 237 g/mol. The Morgan fingerprint density at radius 1 is 1.33 bits per heavy atom. The maximum absolute atomic E-state index is 12.4.